The molecule has 0 spiro atoms. The molecule has 0 aliphatic carbocycles. The molecule has 3 unspecified atom stereocenters. The highest BCUT2D eigenvalue weighted by molar-refractivity contribution is 8.07. The number of rotatable bonds is 1. The summed E-state index contributed by atoms with van der Waals surface area (Å²) >= 11 is 6.03. The largest absolute Gasteiger partial charge is 0.244 e. The second-order valence-electron chi connectivity index (χ2n) is 5.69. The fraction of sp³-hybridized carbons (Fsp3) is 0.769. The van der Waals surface area contributed by atoms with E-state index in [1.54, 1.807) is 0 Å². The van der Waals surface area contributed by atoms with Gasteiger partial charge in [0.2, 0.25) is 0 Å². The minimum Gasteiger partial charge on any atom is -0.244 e. The fourth-order valence-corrected chi connectivity index (χ4v) is 5.95. The molecule has 3 atom stereocenters. The summed E-state index contributed by atoms with van der Waals surface area (Å²) in [4.78, 5) is 4.85. The quantitative estimate of drug-likeness (QED) is 0.740. The van der Waals surface area contributed by atoms with E-state index in [-0.39, 0.29) is 5.41 Å². The Hall–Kier alpha value is 0.330. The van der Waals surface area contributed by atoms with Crippen molar-refractivity contribution >= 4 is 34.9 Å². The average molecular weight is 288 g/mol. The third-order valence-electron chi connectivity index (χ3n) is 3.12. The monoisotopic (exact) mass is 287 g/mol. The van der Waals surface area contributed by atoms with Gasteiger partial charge in [-0.15, -0.1) is 23.1 Å². The SMILES string of the molecule is CC1SCC(c2nc(C(C)(C)C)cs2)SC1C. The van der Waals surface area contributed by atoms with E-state index in [0.717, 1.165) is 10.5 Å². The van der Waals surface area contributed by atoms with Gasteiger partial charge in [-0.2, -0.15) is 11.8 Å². The van der Waals surface area contributed by atoms with Crippen LogP contribution in [0.5, 0.6) is 0 Å². The van der Waals surface area contributed by atoms with Gasteiger partial charge in [0, 0.05) is 27.0 Å². The molecule has 0 amide bonds. The van der Waals surface area contributed by atoms with E-state index in [2.05, 4.69) is 63.5 Å². The van der Waals surface area contributed by atoms with E-state index in [1.807, 2.05) is 11.3 Å². The molecule has 0 aromatic carbocycles. The number of hydrogen-bond acceptors (Lipinski definition) is 4. The van der Waals surface area contributed by atoms with Crippen LogP contribution in [0.4, 0.5) is 0 Å². The second kappa shape index (κ2) is 5.14. The maximum atomic E-state index is 4.85. The fourth-order valence-electron chi connectivity index (χ4n) is 1.69. The molecule has 1 aliphatic heterocycles. The Labute approximate surface area is 117 Å². The summed E-state index contributed by atoms with van der Waals surface area (Å²) in [5.41, 5.74) is 1.43. The third-order valence-corrected chi connectivity index (χ3v) is 7.62. The molecule has 1 aromatic rings. The smallest absolute Gasteiger partial charge is 0.107 e. The van der Waals surface area contributed by atoms with Crippen LogP contribution >= 0.6 is 34.9 Å². The van der Waals surface area contributed by atoms with Crippen LogP contribution < -0.4 is 0 Å². The first-order chi connectivity index (χ1) is 7.88. The lowest BCUT2D eigenvalue weighted by molar-refractivity contribution is 0.571. The van der Waals surface area contributed by atoms with Crippen molar-refractivity contribution in [3.8, 4) is 0 Å². The van der Waals surface area contributed by atoms with Crippen LogP contribution in [0.25, 0.3) is 0 Å². The standard InChI is InChI=1S/C13H21NS3/c1-8-9(2)17-10(6-15-8)12-14-11(7-16-12)13(3,4)5/h7-10H,6H2,1-5H3. The molecule has 0 radical (unpaired) electrons. The second-order valence-corrected chi connectivity index (χ2v) is 9.57. The van der Waals surface area contributed by atoms with Gasteiger partial charge in [-0.25, -0.2) is 4.98 Å². The Bertz CT molecular complexity index is 380. The highest BCUT2D eigenvalue weighted by Gasteiger charge is 2.29. The molecule has 1 aliphatic rings. The maximum absolute atomic E-state index is 4.85. The van der Waals surface area contributed by atoms with Crippen LogP contribution in [-0.4, -0.2) is 21.2 Å². The Balaban J connectivity index is 2.11. The molecule has 4 heteroatoms. The molecule has 0 saturated carbocycles. The normalized spacial score (nSPS) is 30.5. The number of hydrogen-bond donors (Lipinski definition) is 0. The number of aromatic nitrogens is 1. The summed E-state index contributed by atoms with van der Waals surface area (Å²) in [6.45, 7) is 11.4. The van der Waals surface area contributed by atoms with E-state index < -0.39 is 0 Å². The summed E-state index contributed by atoms with van der Waals surface area (Å²) in [6, 6.07) is 0. The minimum absolute atomic E-state index is 0.181. The molecule has 96 valence electrons. The van der Waals surface area contributed by atoms with Crippen molar-refractivity contribution in [2.24, 2.45) is 0 Å². The number of nitrogens with zero attached hydrogens (tertiary/aromatic N) is 1. The zero-order chi connectivity index (χ0) is 12.6. The van der Waals surface area contributed by atoms with E-state index >= 15 is 0 Å². The van der Waals surface area contributed by atoms with Gasteiger partial charge in [-0.3, -0.25) is 0 Å². The van der Waals surface area contributed by atoms with Crippen molar-refractivity contribution in [1.82, 2.24) is 4.98 Å². The minimum atomic E-state index is 0.181. The van der Waals surface area contributed by atoms with Gasteiger partial charge in [-0.05, 0) is 0 Å². The lowest BCUT2D eigenvalue weighted by atomic mass is 9.93. The number of thiazole rings is 1. The Morgan fingerprint density at radius 2 is 1.94 bits per heavy atom. The molecular formula is C13H21NS3. The van der Waals surface area contributed by atoms with Crippen molar-refractivity contribution in [1.29, 1.82) is 0 Å². The predicted molar refractivity (Wildman–Crippen MR) is 82.5 cm³/mol. The van der Waals surface area contributed by atoms with Gasteiger partial charge >= 0.3 is 0 Å². The van der Waals surface area contributed by atoms with Crippen molar-refractivity contribution in [3.63, 3.8) is 0 Å². The zero-order valence-electron chi connectivity index (χ0n) is 11.2. The first-order valence-electron chi connectivity index (χ1n) is 6.11. The van der Waals surface area contributed by atoms with Gasteiger partial charge in [-0.1, -0.05) is 34.6 Å². The molecular weight excluding hydrogens is 266 g/mol. The van der Waals surface area contributed by atoms with Gasteiger partial charge in [0.1, 0.15) is 5.01 Å². The first kappa shape index (κ1) is 13.8. The lowest BCUT2D eigenvalue weighted by Gasteiger charge is -2.30. The van der Waals surface area contributed by atoms with Gasteiger partial charge < -0.3 is 0 Å². The average Bonchev–Trinajstić information content (AvgIpc) is 2.70. The predicted octanol–water partition coefficient (Wildman–Crippen LogP) is 4.74. The molecule has 1 aromatic heterocycles. The summed E-state index contributed by atoms with van der Waals surface area (Å²) in [5.74, 6) is 1.22. The highest BCUT2D eigenvalue weighted by atomic mass is 32.2. The van der Waals surface area contributed by atoms with E-state index in [1.165, 1.54) is 16.5 Å². The van der Waals surface area contributed by atoms with E-state index in [4.69, 9.17) is 4.98 Å². The van der Waals surface area contributed by atoms with Crippen molar-refractivity contribution in [3.05, 3.63) is 16.1 Å². The van der Waals surface area contributed by atoms with Gasteiger partial charge in [0.15, 0.2) is 0 Å². The van der Waals surface area contributed by atoms with Crippen LogP contribution in [0, 0.1) is 0 Å². The van der Waals surface area contributed by atoms with Crippen molar-refractivity contribution in [2.45, 2.75) is 55.8 Å². The van der Waals surface area contributed by atoms with Gasteiger partial charge in [0.05, 0.1) is 10.9 Å². The summed E-state index contributed by atoms with van der Waals surface area (Å²) in [5, 5.41) is 5.68. The molecule has 0 N–H and O–H groups in total. The van der Waals surface area contributed by atoms with Crippen LogP contribution in [0.1, 0.15) is 50.6 Å². The van der Waals surface area contributed by atoms with Crippen molar-refractivity contribution < 1.29 is 0 Å². The van der Waals surface area contributed by atoms with Crippen LogP contribution in [0.15, 0.2) is 5.38 Å². The van der Waals surface area contributed by atoms with Crippen molar-refractivity contribution in [2.75, 3.05) is 5.75 Å². The molecule has 2 heterocycles. The summed E-state index contributed by atoms with van der Waals surface area (Å²) in [7, 11) is 0. The molecule has 1 nitrogen and oxygen atoms in total. The number of thioether (sulfide) groups is 2. The zero-order valence-corrected chi connectivity index (χ0v) is 13.6. The highest BCUT2D eigenvalue weighted by Crippen LogP contribution is 2.45. The Morgan fingerprint density at radius 1 is 1.24 bits per heavy atom. The third kappa shape index (κ3) is 3.21. The molecule has 0 bridgehead atoms. The van der Waals surface area contributed by atoms with E-state index in [0.29, 0.717) is 5.25 Å². The molecule has 17 heavy (non-hydrogen) atoms. The van der Waals surface area contributed by atoms with E-state index in [9.17, 15) is 0 Å². The van der Waals surface area contributed by atoms with Crippen LogP contribution in [0.2, 0.25) is 0 Å². The molecule has 1 fully saturated rings. The first-order valence-corrected chi connectivity index (χ1v) is 8.98. The van der Waals surface area contributed by atoms with Gasteiger partial charge in [0.25, 0.3) is 0 Å². The Morgan fingerprint density at radius 3 is 2.47 bits per heavy atom. The maximum Gasteiger partial charge on any atom is 0.107 e. The topological polar surface area (TPSA) is 12.9 Å². The lowest BCUT2D eigenvalue weighted by Crippen LogP contribution is -2.22. The Kier molecular flexibility index (Phi) is 4.16. The summed E-state index contributed by atoms with van der Waals surface area (Å²) in [6.07, 6.45) is 0. The molecule has 1 saturated heterocycles. The summed E-state index contributed by atoms with van der Waals surface area (Å²) < 4.78 is 0. The molecule has 2 rings (SSSR count). The van der Waals surface area contributed by atoms with Crippen LogP contribution in [0.3, 0.4) is 0 Å². The van der Waals surface area contributed by atoms with Crippen LogP contribution in [-0.2, 0) is 5.41 Å².